The Balaban J connectivity index is 1.75. The van der Waals surface area contributed by atoms with Crippen LogP contribution in [-0.4, -0.2) is 60.6 Å². The zero-order valence-corrected chi connectivity index (χ0v) is 18.6. The average Bonchev–Trinajstić information content (AvgIpc) is 2.81. The number of carbonyl (C=O) groups excluding carboxylic acids is 1. The van der Waals surface area contributed by atoms with E-state index in [-0.39, 0.29) is 35.8 Å². The second-order valence-corrected chi connectivity index (χ2v) is 7.51. The van der Waals surface area contributed by atoms with Gasteiger partial charge < -0.3 is 31.9 Å². The zero-order chi connectivity index (χ0) is 25.5. The molecule has 13 nitrogen and oxygen atoms in total. The van der Waals surface area contributed by atoms with Gasteiger partial charge in [-0.05, 0) is 30.7 Å². The van der Waals surface area contributed by atoms with Crippen LogP contribution in [0.2, 0.25) is 0 Å². The summed E-state index contributed by atoms with van der Waals surface area (Å²) < 4.78 is 0. The molecule has 0 bridgehead atoms. The molecule has 2 heterocycles. The zero-order valence-electron chi connectivity index (χ0n) is 18.6. The minimum absolute atomic E-state index is 0.00558. The number of carbonyl (C=O) groups is 3. The molecule has 0 radical (unpaired) electrons. The molecule has 0 aliphatic heterocycles. The predicted octanol–water partition coefficient (Wildman–Crippen LogP) is 0.825. The van der Waals surface area contributed by atoms with Gasteiger partial charge in [0.15, 0.2) is 17.0 Å². The molecule has 13 heteroatoms. The van der Waals surface area contributed by atoms with E-state index in [0.29, 0.717) is 24.3 Å². The van der Waals surface area contributed by atoms with Gasteiger partial charge in [0.25, 0.3) is 5.91 Å². The molecule has 0 fully saturated rings. The molecule has 182 valence electrons. The monoisotopic (exact) mass is 480 g/mol. The van der Waals surface area contributed by atoms with E-state index < -0.39 is 23.9 Å². The first-order valence-corrected chi connectivity index (χ1v) is 10.4. The van der Waals surface area contributed by atoms with Crippen molar-refractivity contribution < 1.29 is 24.6 Å². The number of carboxylic acids is 2. The van der Waals surface area contributed by atoms with Crippen molar-refractivity contribution in [1.82, 2.24) is 25.3 Å². The van der Waals surface area contributed by atoms with Crippen LogP contribution in [0.25, 0.3) is 11.2 Å². The minimum Gasteiger partial charge on any atom is -0.481 e. The minimum atomic E-state index is -1.31. The van der Waals surface area contributed by atoms with Crippen molar-refractivity contribution >= 4 is 46.5 Å². The highest BCUT2D eigenvalue weighted by Gasteiger charge is 2.22. The summed E-state index contributed by atoms with van der Waals surface area (Å²) >= 11 is 0. The maximum atomic E-state index is 12.5. The summed E-state index contributed by atoms with van der Waals surface area (Å²) in [7, 11) is 0. The van der Waals surface area contributed by atoms with Gasteiger partial charge in [-0.1, -0.05) is 6.08 Å². The van der Waals surface area contributed by atoms with Crippen LogP contribution in [0.3, 0.4) is 0 Å². The molecule has 1 aromatic carbocycles. The molecule has 0 spiro atoms. The van der Waals surface area contributed by atoms with Crippen molar-refractivity contribution in [3.8, 4) is 0 Å². The van der Waals surface area contributed by atoms with Crippen LogP contribution in [0.15, 0.2) is 43.1 Å². The van der Waals surface area contributed by atoms with E-state index in [9.17, 15) is 19.5 Å². The third-order valence-electron chi connectivity index (χ3n) is 4.95. The number of benzene rings is 1. The van der Waals surface area contributed by atoms with Crippen molar-refractivity contribution in [3.05, 3.63) is 54.4 Å². The highest BCUT2D eigenvalue weighted by molar-refractivity contribution is 5.97. The second-order valence-electron chi connectivity index (χ2n) is 7.51. The summed E-state index contributed by atoms with van der Waals surface area (Å²) in [5.74, 6) is -2.95. The summed E-state index contributed by atoms with van der Waals surface area (Å²) in [4.78, 5) is 53.1. The van der Waals surface area contributed by atoms with Crippen molar-refractivity contribution in [2.24, 2.45) is 0 Å². The first kappa shape index (κ1) is 24.8. The molecular formula is C22H24N8O5. The van der Waals surface area contributed by atoms with Gasteiger partial charge in [0, 0.05) is 24.2 Å². The Morgan fingerprint density at radius 1 is 1.11 bits per heavy atom. The van der Waals surface area contributed by atoms with E-state index >= 15 is 0 Å². The number of rotatable bonds is 11. The Morgan fingerprint density at radius 3 is 2.46 bits per heavy atom. The molecule has 1 amide bonds. The quantitative estimate of drug-likeness (QED) is 0.241. The van der Waals surface area contributed by atoms with Crippen molar-refractivity contribution in [2.45, 2.75) is 25.4 Å². The molecule has 1 atom stereocenters. The van der Waals surface area contributed by atoms with Gasteiger partial charge in [-0.2, -0.15) is 9.97 Å². The van der Waals surface area contributed by atoms with E-state index in [1.54, 1.807) is 24.4 Å². The number of hydrogen-bond acceptors (Lipinski definition) is 10. The highest BCUT2D eigenvalue weighted by Crippen LogP contribution is 2.20. The number of nitrogens with two attached hydrogens (primary N) is 2. The molecule has 0 saturated carbocycles. The van der Waals surface area contributed by atoms with E-state index in [1.165, 1.54) is 12.1 Å². The maximum Gasteiger partial charge on any atom is 0.326 e. The molecule has 0 unspecified atom stereocenters. The van der Waals surface area contributed by atoms with E-state index in [2.05, 4.69) is 31.8 Å². The van der Waals surface area contributed by atoms with Crippen LogP contribution < -0.4 is 21.7 Å². The first-order chi connectivity index (χ1) is 16.7. The van der Waals surface area contributed by atoms with Crippen LogP contribution in [-0.2, 0) is 16.1 Å². The summed E-state index contributed by atoms with van der Waals surface area (Å²) in [6.45, 7) is 4.56. The Labute approximate surface area is 199 Å². The maximum absolute atomic E-state index is 12.5. The standard InChI is InChI=1S/C22H24N8O5/c1-2-9-30(11-13-10-25-19-17(26-13)18(23)28-22(24)29-19)14-5-3-12(4-6-14)20(33)27-15(21(34)35)7-8-16(31)32/h2-6,10,15H,1,7-9,11H2,(H,27,33)(H,31,32)(H,34,35)(H4,23,24,25,28,29)/t15-/m0/s1. The number of nitrogens with zero attached hydrogens (tertiary/aromatic N) is 5. The lowest BCUT2D eigenvalue weighted by molar-refractivity contribution is -0.140. The van der Waals surface area contributed by atoms with Gasteiger partial charge in [-0.25, -0.2) is 14.8 Å². The molecular weight excluding hydrogens is 456 g/mol. The van der Waals surface area contributed by atoms with Gasteiger partial charge in [0.2, 0.25) is 5.95 Å². The highest BCUT2D eigenvalue weighted by atomic mass is 16.4. The Kier molecular flexibility index (Phi) is 7.71. The number of amides is 1. The normalized spacial score (nSPS) is 11.5. The first-order valence-electron chi connectivity index (χ1n) is 10.4. The number of aliphatic carboxylic acids is 2. The van der Waals surface area contributed by atoms with Crippen molar-refractivity contribution in [3.63, 3.8) is 0 Å². The van der Waals surface area contributed by atoms with Gasteiger partial charge in [0.1, 0.15) is 6.04 Å². The molecule has 3 rings (SSSR count). The van der Waals surface area contributed by atoms with Gasteiger partial charge in [-0.3, -0.25) is 9.59 Å². The Morgan fingerprint density at radius 2 is 1.83 bits per heavy atom. The number of fused-ring (bicyclic) bond motifs is 1. The SMILES string of the molecule is C=CCN(Cc1cnc2nc(N)nc(N)c2n1)c1ccc(C(=O)N[C@@H](CCC(=O)O)C(=O)O)cc1. The number of hydrogen-bond donors (Lipinski definition) is 5. The molecule has 2 aromatic heterocycles. The van der Waals surface area contributed by atoms with Crippen LogP contribution >= 0.6 is 0 Å². The molecule has 35 heavy (non-hydrogen) atoms. The Bertz CT molecular complexity index is 1260. The largest absolute Gasteiger partial charge is 0.481 e. The fourth-order valence-corrected chi connectivity index (χ4v) is 3.26. The number of nitrogens with one attached hydrogen (secondary N) is 1. The molecule has 0 aliphatic rings. The molecule has 0 aliphatic carbocycles. The predicted molar refractivity (Wildman–Crippen MR) is 127 cm³/mol. The fraction of sp³-hybridized carbons (Fsp3) is 0.227. The molecule has 7 N–H and O–H groups in total. The summed E-state index contributed by atoms with van der Waals surface area (Å²) in [5.41, 5.74) is 13.7. The number of anilines is 3. The van der Waals surface area contributed by atoms with E-state index in [4.69, 9.17) is 16.6 Å². The number of nitrogen functional groups attached to an aromatic ring is 2. The van der Waals surface area contributed by atoms with Crippen LogP contribution in [0.1, 0.15) is 28.9 Å². The van der Waals surface area contributed by atoms with Crippen LogP contribution in [0.5, 0.6) is 0 Å². The third kappa shape index (κ3) is 6.37. The van der Waals surface area contributed by atoms with Crippen molar-refractivity contribution in [1.29, 1.82) is 0 Å². The van der Waals surface area contributed by atoms with Gasteiger partial charge in [0.05, 0.1) is 18.4 Å². The van der Waals surface area contributed by atoms with Crippen LogP contribution in [0.4, 0.5) is 17.5 Å². The number of aromatic nitrogens is 4. The average molecular weight is 480 g/mol. The van der Waals surface area contributed by atoms with E-state index in [0.717, 1.165) is 5.69 Å². The third-order valence-corrected chi connectivity index (χ3v) is 4.95. The van der Waals surface area contributed by atoms with Gasteiger partial charge >= 0.3 is 11.9 Å². The summed E-state index contributed by atoms with van der Waals surface area (Å²) in [6.07, 6.45) is 2.65. The summed E-state index contributed by atoms with van der Waals surface area (Å²) in [5, 5.41) is 20.3. The fourth-order valence-electron chi connectivity index (χ4n) is 3.26. The second kappa shape index (κ2) is 10.9. The van der Waals surface area contributed by atoms with Gasteiger partial charge in [-0.15, -0.1) is 6.58 Å². The smallest absolute Gasteiger partial charge is 0.326 e. The van der Waals surface area contributed by atoms with E-state index in [1.807, 2.05) is 4.90 Å². The lowest BCUT2D eigenvalue weighted by Crippen LogP contribution is -2.41. The van der Waals surface area contributed by atoms with Crippen LogP contribution in [0, 0.1) is 0 Å². The Hall–Kier alpha value is -4.81. The topological polar surface area (TPSA) is 211 Å². The summed E-state index contributed by atoms with van der Waals surface area (Å²) in [6, 6.07) is 5.15. The van der Waals surface area contributed by atoms with Crippen molar-refractivity contribution in [2.75, 3.05) is 22.9 Å². The lowest BCUT2D eigenvalue weighted by atomic mass is 10.1. The molecule has 3 aromatic rings. The lowest BCUT2D eigenvalue weighted by Gasteiger charge is -2.23. The molecule has 0 saturated heterocycles. The number of carboxylic acid groups (broad SMARTS) is 2.